The van der Waals surface area contributed by atoms with E-state index in [9.17, 15) is 18.7 Å². The number of ether oxygens (including phenoxy) is 4. The molecule has 0 saturated carbocycles. The second kappa shape index (κ2) is 12.7. The Hall–Kier alpha value is -4.40. The highest BCUT2D eigenvalue weighted by Crippen LogP contribution is 2.41. The highest BCUT2D eigenvalue weighted by molar-refractivity contribution is 7.13. The van der Waals surface area contributed by atoms with Gasteiger partial charge in [0.25, 0.3) is 6.43 Å². The van der Waals surface area contributed by atoms with Gasteiger partial charge in [-0.2, -0.15) is 0 Å². The van der Waals surface area contributed by atoms with Gasteiger partial charge in [0.1, 0.15) is 35.0 Å². The van der Waals surface area contributed by atoms with E-state index >= 15 is 0 Å². The van der Waals surface area contributed by atoms with Crippen molar-refractivity contribution in [1.82, 2.24) is 15.0 Å². The standard InChI is InChI=1S/C33H33F2N5O6S/c1-19-33(17-44-18-33)45-9-8-39(19)25-12-21(20-5-3-6-22(11-20)43-2)15-36-31(25)46-23-13-26(32(41)42)40(16-23)28-14-24(27-7-4-10-47-27)37-30(38-28)29(34)35/h3-7,10-12,14-15,19,23,26,29H,8-9,13,16-18H2,1-2H3,(H,41,42)/t19-,23-,26-/m0/s1. The lowest BCUT2D eigenvalue weighted by Gasteiger charge is -2.53. The summed E-state index contributed by atoms with van der Waals surface area (Å²) in [7, 11) is 1.61. The summed E-state index contributed by atoms with van der Waals surface area (Å²) in [6.45, 7) is 4.21. The van der Waals surface area contributed by atoms with Crippen LogP contribution in [0.2, 0.25) is 0 Å². The van der Waals surface area contributed by atoms with E-state index in [0.717, 1.165) is 16.8 Å². The fraction of sp³-hybridized carbons (Fsp3) is 0.394. The van der Waals surface area contributed by atoms with Crippen LogP contribution in [-0.2, 0) is 14.3 Å². The maximum absolute atomic E-state index is 13.9. The third-order valence-corrected chi connectivity index (χ3v) is 9.90. The van der Waals surface area contributed by atoms with Gasteiger partial charge < -0.3 is 33.9 Å². The Kier molecular flexibility index (Phi) is 8.41. The molecule has 0 radical (unpaired) electrons. The number of carboxylic acid groups (broad SMARTS) is 1. The van der Waals surface area contributed by atoms with Crippen molar-refractivity contribution in [1.29, 1.82) is 0 Å². The molecule has 1 N–H and O–H groups in total. The van der Waals surface area contributed by atoms with Gasteiger partial charge in [-0.15, -0.1) is 11.3 Å². The first-order valence-electron chi connectivity index (χ1n) is 15.2. The molecule has 3 aromatic heterocycles. The topological polar surface area (TPSA) is 119 Å². The summed E-state index contributed by atoms with van der Waals surface area (Å²) < 4.78 is 51.5. The largest absolute Gasteiger partial charge is 0.497 e. The van der Waals surface area contributed by atoms with E-state index in [-0.39, 0.29) is 24.8 Å². The fourth-order valence-corrected chi connectivity index (χ4v) is 7.06. The van der Waals surface area contributed by atoms with Crippen LogP contribution in [0.15, 0.2) is 60.1 Å². The van der Waals surface area contributed by atoms with Crippen LogP contribution in [0.4, 0.5) is 20.3 Å². The fourth-order valence-electron chi connectivity index (χ4n) is 6.38. The van der Waals surface area contributed by atoms with Crippen molar-refractivity contribution in [2.24, 2.45) is 0 Å². The Labute approximate surface area is 273 Å². The zero-order valence-corrected chi connectivity index (χ0v) is 26.5. The Bertz CT molecular complexity index is 1760. The summed E-state index contributed by atoms with van der Waals surface area (Å²) in [5.41, 5.74) is 2.35. The molecule has 0 aliphatic carbocycles. The van der Waals surface area contributed by atoms with Crippen molar-refractivity contribution in [2.75, 3.05) is 49.8 Å². The van der Waals surface area contributed by atoms with Gasteiger partial charge in [-0.25, -0.2) is 28.5 Å². The van der Waals surface area contributed by atoms with Crippen molar-refractivity contribution in [3.8, 4) is 33.3 Å². The number of nitrogens with zero attached hydrogens (tertiary/aromatic N) is 5. The lowest BCUT2D eigenvalue weighted by atomic mass is 9.90. The number of anilines is 2. The van der Waals surface area contributed by atoms with E-state index in [4.69, 9.17) is 23.9 Å². The van der Waals surface area contributed by atoms with Crippen molar-refractivity contribution >= 4 is 28.8 Å². The molecule has 3 fully saturated rings. The second-order valence-corrected chi connectivity index (χ2v) is 12.7. The quantitative estimate of drug-likeness (QED) is 0.250. The minimum absolute atomic E-state index is 0.0639. The summed E-state index contributed by atoms with van der Waals surface area (Å²) in [5, 5.41) is 12.0. The number of hydrogen-bond donors (Lipinski definition) is 1. The number of methoxy groups -OCH3 is 1. The molecule has 14 heteroatoms. The summed E-state index contributed by atoms with van der Waals surface area (Å²) in [6.07, 6.45) is -1.75. The van der Waals surface area contributed by atoms with Crippen molar-refractivity contribution < 1.29 is 37.6 Å². The predicted octanol–water partition coefficient (Wildman–Crippen LogP) is 5.32. The number of benzene rings is 1. The Morgan fingerprint density at radius 1 is 1.13 bits per heavy atom. The number of carboxylic acids is 1. The van der Waals surface area contributed by atoms with Gasteiger partial charge in [-0.1, -0.05) is 18.2 Å². The van der Waals surface area contributed by atoms with Gasteiger partial charge in [-0.3, -0.25) is 0 Å². The Morgan fingerprint density at radius 3 is 2.68 bits per heavy atom. The van der Waals surface area contributed by atoms with Crippen LogP contribution in [0.5, 0.6) is 11.6 Å². The van der Waals surface area contributed by atoms with Crippen LogP contribution in [0.3, 0.4) is 0 Å². The number of alkyl halides is 2. The van der Waals surface area contributed by atoms with E-state index in [1.54, 1.807) is 31.5 Å². The van der Waals surface area contributed by atoms with Crippen LogP contribution < -0.4 is 19.3 Å². The predicted molar refractivity (Wildman–Crippen MR) is 171 cm³/mol. The highest BCUT2D eigenvalue weighted by Gasteiger charge is 2.50. The van der Waals surface area contributed by atoms with Crippen molar-refractivity contribution in [3.63, 3.8) is 0 Å². The third kappa shape index (κ3) is 5.96. The second-order valence-electron chi connectivity index (χ2n) is 11.8. The summed E-state index contributed by atoms with van der Waals surface area (Å²) >= 11 is 1.35. The normalized spacial score (nSPS) is 22.0. The molecule has 3 atom stereocenters. The van der Waals surface area contributed by atoms with E-state index in [1.807, 2.05) is 35.7 Å². The van der Waals surface area contributed by atoms with Gasteiger partial charge in [0.05, 0.1) is 50.1 Å². The average molecular weight is 666 g/mol. The Balaban J connectivity index is 1.23. The molecular weight excluding hydrogens is 632 g/mol. The molecule has 3 aliphatic rings. The number of thiophene rings is 1. The molecule has 11 nitrogen and oxygen atoms in total. The number of hydrogen-bond acceptors (Lipinski definition) is 11. The van der Waals surface area contributed by atoms with E-state index < -0.39 is 36.0 Å². The molecule has 4 aromatic rings. The van der Waals surface area contributed by atoms with E-state index in [1.165, 1.54) is 16.2 Å². The molecular formula is C33H33F2N5O6S. The van der Waals surface area contributed by atoms with E-state index in [2.05, 4.69) is 21.8 Å². The first kappa shape index (κ1) is 31.2. The van der Waals surface area contributed by atoms with E-state index in [0.29, 0.717) is 48.6 Å². The zero-order valence-electron chi connectivity index (χ0n) is 25.7. The minimum atomic E-state index is -2.93. The molecule has 47 heavy (non-hydrogen) atoms. The molecule has 0 unspecified atom stereocenters. The Morgan fingerprint density at radius 2 is 1.98 bits per heavy atom. The number of rotatable bonds is 9. The third-order valence-electron chi connectivity index (χ3n) is 9.01. The molecule has 0 amide bonds. The van der Waals surface area contributed by atoms with Gasteiger partial charge in [0.15, 0.2) is 5.82 Å². The van der Waals surface area contributed by atoms with Crippen molar-refractivity contribution in [2.45, 2.75) is 43.6 Å². The molecule has 246 valence electrons. The molecule has 6 heterocycles. The number of morpholine rings is 1. The smallest absolute Gasteiger partial charge is 0.326 e. The van der Waals surface area contributed by atoms with Gasteiger partial charge in [0.2, 0.25) is 5.88 Å². The summed E-state index contributed by atoms with van der Waals surface area (Å²) in [6, 6.07) is 13.7. The van der Waals surface area contributed by atoms with Gasteiger partial charge >= 0.3 is 5.97 Å². The maximum atomic E-state index is 13.9. The zero-order chi connectivity index (χ0) is 32.7. The number of halogens is 2. The first-order chi connectivity index (χ1) is 22.7. The summed E-state index contributed by atoms with van der Waals surface area (Å²) in [4.78, 5) is 29.8. The lowest BCUT2D eigenvalue weighted by molar-refractivity contribution is -0.228. The maximum Gasteiger partial charge on any atom is 0.326 e. The van der Waals surface area contributed by atoms with Gasteiger partial charge in [-0.05, 0) is 42.1 Å². The van der Waals surface area contributed by atoms with Crippen LogP contribution in [-0.4, -0.2) is 89.8 Å². The van der Waals surface area contributed by atoms with Crippen LogP contribution in [0.25, 0.3) is 21.7 Å². The number of carbonyl (C=O) groups is 1. The SMILES string of the molecule is COc1cccc(-c2cnc(O[C@H]3C[C@@H](C(=O)O)N(c4cc(-c5cccs5)nc(C(F)F)n4)C3)c(N3CCOC4(COC4)[C@@H]3C)c2)c1. The van der Waals surface area contributed by atoms with Crippen molar-refractivity contribution in [3.05, 3.63) is 65.9 Å². The highest BCUT2D eigenvalue weighted by atomic mass is 32.1. The van der Waals surface area contributed by atoms with Crippen LogP contribution >= 0.6 is 11.3 Å². The number of aromatic nitrogens is 3. The monoisotopic (exact) mass is 665 g/mol. The molecule has 1 aromatic carbocycles. The molecule has 7 rings (SSSR count). The first-order valence-corrected chi connectivity index (χ1v) is 16.1. The minimum Gasteiger partial charge on any atom is -0.497 e. The molecule has 3 saturated heterocycles. The molecule has 0 bridgehead atoms. The summed E-state index contributed by atoms with van der Waals surface area (Å²) in [5.74, 6) is -0.616. The van der Waals surface area contributed by atoms with Gasteiger partial charge in [0, 0.05) is 30.8 Å². The molecule has 3 aliphatic heterocycles. The number of aliphatic carboxylic acids is 1. The van der Waals surface area contributed by atoms with Crippen LogP contribution in [0, 0.1) is 0 Å². The molecule has 1 spiro atoms. The average Bonchev–Trinajstić information content (AvgIpc) is 3.76. The van der Waals surface area contributed by atoms with Crippen LogP contribution in [0.1, 0.15) is 25.6 Å². The number of pyridine rings is 1. The lowest BCUT2D eigenvalue weighted by Crippen LogP contribution is -2.68.